The lowest BCUT2D eigenvalue weighted by molar-refractivity contribution is -0.122. The predicted molar refractivity (Wildman–Crippen MR) is 110 cm³/mol. The Bertz CT molecular complexity index is 739. The van der Waals surface area contributed by atoms with E-state index in [0.717, 1.165) is 32.2 Å². The molecule has 29 heavy (non-hydrogen) atoms. The number of fused-ring (bicyclic) bond motifs is 1. The largest absolute Gasteiger partial charge is 0.547 e. The van der Waals surface area contributed by atoms with Crippen molar-refractivity contribution in [2.45, 2.75) is 50.5 Å². The van der Waals surface area contributed by atoms with E-state index in [1.54, 1.807) is 12.1 Å². The number of carboxylic acid groups (broad SMARTS) is 1. The van der Waals surface area contributed by atoms with Crippen LogP contribution in [0.4, 0.5) is 0 Å². The van der Waals surface area contributed by atoms with E-state index in [4.69, 9.17) is 10.4 Å². The number of aromatic carboxylic acids is 1. The van der Waals surface area contributed by atoms with Gasteiger partial charge in [-0.3, -0.25) is 4.79 Å². The van der Waals surface area contributed by atoms with E-state index in [2.05, 4.69) is 17.3 Å². The van der Waals surface area contributed by atoms with Gasteiger partial charge < -0.3 is 30.7 Å². The maximum atomic E-state index is 12.5. The first-order valence-corrected chi connectivity index (χ1v) is 10.3. The first kappa shape index (κ1) is 21.6. The molecule has 3 rings (SSSR count). The van der Waals surface area contributed by atoms with Crippen LogP contribution in [0, 0.1) is 5.92 Å². The highest BCUT2D eigenvalue weighted by Gasteiger charge is 2.38. The van der Waals surface area contributed by atoms with Crippen LogP contribution in [0.2, 0.25) is 0 Å². The molecule has 1 aromatic carbocycles. The van der Waals surface area contributed by atoms with Gasteiger partial charge in [0.05, 0.1) is 11.5 Å². The van der Waals surface area contributed by atoms with Crippen LogP contribution >= 0.6 is 0 Å². The fourth-order valence-corrected chi connectivity index (χ4v) is 4.42. The molecule has 0 bridgehead atoms. The molecule has 1 aliphatic carbocycles. The van der Waals surface area contributed by atoms with Gasteiger partial charge in [-0.15, -0.1) is 0 Å². The number of nitrogens with zero attached hydrogens (tertiary/aromatic N) is 1. The summed E-state index contributed by atoms with van der Waals surface area (Å²) in [4.78, 5) is 26.2. The summed E-state index contributed by atoms with van der Waals surface area (Å²) >= 11 is 0. The van der Waals surface area contributed by atoms with Crippen LogP contribution in [0.3, 0.4) is 0 Å². The number of hydrogen-bond acceptors (Lipinski definition) is 6. The van der Waals surface area contributed by atoms with Crippen molar-refractivity contribution in [3.8, 4) is 5.75 Å². The quantitative estimate of drug-likeness (QED) is 0.493. The summed E-state index contributed by atoms with van der Waals surface area (Å²) in [5, 5.41) is 22.4. The molecule has 9 heteroatoms. The van der Waals surface area contributed by atoms with Crippen molar-refractivity contribution in [2.75, 3.05) is 20.1 Å². The topological polar surface area (TPSA) is 125 Å². The second-order valence-electron chi connectivity index (χ2n) is 8.13. The molecule has 0 spiro atoms. The van der Waals surface area contributed by atoms with E-state index in [9.17, 15) is 19.7 Å². The van der Waals surface area contributed by atoms with Crippen LogP contribution in [0.15, 0.2) is 18.2 Å². The summed E-state index contributed by atoms with van der Waals surface area (Å²) < 4.78 is 5.44. The molecule has 0 radical (unpaired) electrons. The zero-order chi connectivity index (χ0) is 21.0. The van der Waals surface area contributed by atoms with Crippen molar-refractivity contribution >= 4 is 19.0 Å². The Morgan fingerprint density at radius 2 is 2.03 bits per heavy atom. The number of amides is 1. The van der Waals surface area contributed by atoms with Gasteiger partial charge in [0.1, 0.15) is 5.75 Å². The molecule has 1 aliphatic heterocycles. The van der Waals surface area contributed by atoms with E-state index in [1.807, 2.05) is 0 Å². The number of nitrogens with two attached hydrogens (primary N) is 1. The van der Waals surface area contributed by atoms with Crippen LogP contribution in [0.5, 0.6) is 5.75 Å². The summed E-state index contributed by atoms with van der Waals surface area (Å²) in [7, 11) is 0.829. The molecule has 2 aliphatic rings. The number of likely N-dealkylation sites (N-methyl/N-ethyl adjacent to an activating group) is 1. The lowest BCUT2D eigenvalue weighted by atomic mass is 9.72. The standard InChI is InChI=1S/C20H30BN3O5/c1-24(10-9-22)15-7-5-13(6-8-15)11-18(25)23-17-12-14-3-2-4-16(20(26)27)19(14)29-21(17)28/h2-4,13,15,17,28H,5-12,22H2,1H3,(H,23,25)(H,26,27)/t13-,15-,17-/m0/s1. The lowest BCUT2D eigenvalue weighted by Gasteiger charge is -2.34. The number of carbonyl (C=O) groups excluding carboxylic acids is 1. The van der Waals surface area contributed by atoms with Crippen molar-refractivity contribution < 1.29 is 24.4 Å². The molecule has 1 aromatic rings. The minimum absolute atomic E-state index is 0.0164. The smallest absolute Gasteiger partial charge is 0.534 e. The van der Waals surface area contributed by atoms with Crippen molar-refractivity contribution in [2.24, 2.45) is 11.7 Å². The van der Waals surface area contributed by atoms with Crippen molar-refractivity contribution in [1.29, 1.82) is 0 Å². The molecule has 1 fully saturated rings. The second-order valence-corrected chi connectivity index (χ2v) is 8.13. The Balaban J connectivity index is 1.52. The van der Waals surface area contributed by atoms with Crippen LogP contribution < -0.4 is 15.7 Å². The van der Waals surface area contributed by atoms with E-state index in [-0.39, 0.29) is 17.2 Å². The van der Waals surface area contributed by atoms with Crippen molar-refractivity contribution in [3.05, 3.63) is 29.3 Å². The van der Waals surface area contributed by atoms with Crippen molar-refractivity contribution in [1.82, 2.24) is 10.2 Å². The van der Waals surface area contributed by atoms with Gasteiger partial charge >= 0.3 is 13.1 Å². The summed E-state index contributed by atoms with van der Waals surface area (Å²) in [5.41, 5.74) is 6.31. The number of nitrogens with one attached hydrogen (secondary N) is 1. The third kappa shape index (κ3) is 5.29. The second kappa shape index (κ2) is 9.60. The van der Waals surface area contributed by atoms with E-state index >= 15 is 0 Å². The SMILES string of the molecule is CN(CCN)[C@H]1CC[C@H](CC(=O)N[C@H]2Cc3cccc(C(=O)O)c3OB2O)CC1. The number of hydrogen-bond donors (Lipinski definition) is 4. The molecule has 8 nitrogen and oxygen atoms in total. The van der Waals surface area contributed by atoms with E-state index < -0.39 is 19.0 Å². The van der Waals surface area contributed by atoms with Gasteiger partial charge in [0.2, 0.25) is 5.91 Å². The normalized spacial score (nSPS) is 24.0. The number of rotatable bonds is 7. The number of benzene rings is 1. The molecule has 1 saturated carbocycles. The highest BCUT2D eigenvalue weighted by atomic mass is 16.5. The molecule has 158 valence electrons. The van der Waals surface area contributed by atoms with Crippen LogP contribution in [0.25, 0.3) is 0 Å². The Hall–Kier alpha value is -2.10. The van der Waals surface area contributed by atoms with Crippen LogP contribution in [0.1, 0.15) is 48.0 Å². The molecule has 0 aromatic heterocycles. The zero-order valence-corrected chi connectivity index (χ0v) is 16.8. The molecule has 0 saturated heterocycles. The minimum atomic E-state index is -1.27. The van der Waals surface area contributed by atoms with Gasteiger partial charge in [-0.05, 0) is 56.7 Å². The maximum Gasteiger partial charge on any atom is 0.547 e. The zero-order valence-electron chi connectivity index (χ0n) is 16.8. The van der Waals surface area contributed by atoms with Gasteiger partial charge in [-0.2, -0.15) is 0 Å². The number of carbonyl (C=O) groups is 2. The number of carboxylic acids is 1. The average Bonchev–Trinajstić information content (AvgIpc) is 2.68. The van der Waals surface area contributed by atoms with Crippen molar-refractivity contribution in [3.63, 3.8) is 0 Å². The monoisotopic (exact) mass is 403 g/mol. The summed E-state index contributed by atoms with van der Waals surface area (Å²) in [6.45, 7) is 1.54. The van der Waals surface area contributed by atoms with Gasteiger partial charge in [-0.25, -0.2) is 4.79 Å². The predicted octanol–water partition coefficient (Wildman–Crippen LogP) is 0.664. The maximum absolute atomic E-state index is 12.5. The molecule has 0 unspecified atom stereocenters. The third-order valence-corrected chi connectivity index (χ3v) is 6.09. The fourth-order valence-electron chi connectivity index (χ4n) is 4.42. The Morgan fingerprint density at radius 3 is 2.69 bits per heavy atom. The third-order valence-electron chi connectivity index (χ3n) is 6.09. The van der Waals surface area contributed by atoms with Gasteiger partial charge in [0.15, 0.2) is 0 Å². The number of para-hydroxylation sites is 1. The average molecular weight is 403 g/mol. The highest BCUT2D eigenvalue weighted by Crippen LogP contribution is 2.31. The molecule has 5 N–H and O–H groups in total. The van der Waals surface area contributed by atoms with Gasteiger partial charge in [0, 0.05) is 25.6 Å². The summed E-state index contributed by atoms with van der Waals surface area (Å²) in [6, 6.07) is 5.37. The molecule has 1 heterocycles. The highest BCUT2D eigenvalue weighted by molar-refractivity contribution is 6.47. The Labute approximate surface area is 171 Å². The molecular weight excluding hydrogens is 373 g/mol. The summed E-state index contributed by atoms with van der Waals surface area (Å²) in [6.07, 6.45) is 4.89. The lowest BCUT2D eigenvalue weighted by Crippen LogP contribution is -2.53. The van der Waals surface area contributed by atoms with Gasteiger partial charge in [0.25, 0.3) is 0 Å². The Kier molecular flexibility index (Phi) is 7.16. The minimum Gasteiger partial charge on any atom is -0.534 e. The molecule has 1 amide bonds. The van der Waals surface area contributed by atoms with E-state index in [1.165, 1.54) is 6.07 Å². The summed E-state index contributed by atoms with van der Waals surface area (Å²) in [5.74, 6) is -1.28. The first-order chi connectivity index (χ1) is 13.9. The Morgan fingerprint density at radius 1 is 1.31 bits per heavy atom. The van der Waals surface area contributed by atoms with Crippen LogP contribution in [-0.2, 0) is 11.2 Å². The molecule has 1 atom stereocenters. The molecular formula is C20H30BN3O5. The first-order valence-electron chi connectivity index (χ1n) is 10.3. The van der Waals surface area contributed by atoms with E-state index in [0.29, 0.717) is 36.9 Å². The van der Waals surface area contributed by atoms with Crippen LogP contribution in [-0.4, -0.2) is 66.1 Å². The fraction of sp³-hybridized carbons (Fsp3) is 0.600. The van der Waals surface area contributed by atoms with Gasteiger partial charge in [-0.1, -0.05) is 12.1 Å².